The van der Waals surface area contributed by atoms with Crippen LogP contribution in [0.2, 0.25) is 0 Å². The Morgan fingerprint density at radius 1 is 1.17 bits per heavy atom. The first kappa shape index (κ1) is 14.8. The van der Waals surface area contributed by atoms with Crippen LogP contribution in [0, 0.1) is 0 Å². The van der Waals surface area contributed by atoms with Gasteiger partial charge in [-0.15, -0.1) is 0 Å². The lowest BCUT2D eigenvalue weighted by atomic mass is 10.5. The van der Waals surface area contributed by atoms with Crippen molar-refractivity contribution in [2.45, 2.75) is 4.90 Å². The molecule has 1 rings (SSSR count). The van der Waals surface area contributed by atoms with Gasteiger partial charge >= 0.3 is 0 Å². The normalized spacial score (nSPS) is 12.5. The van der Waals surface area contributed by atoms with Crippen LogP contribution in [0.1, 0.15) is 0 Å². The summed E-state index contributed by atoms with van der Waals surface area (Å²) in [6.45, 7) is -0.0831. The molecule has 102 valence electrons. The van der Waals surface area contributed by atoms with E-state index in [4.69, 9.17) is 5.73 Å². The van der Waals surface area contributed by atoms with Crippen molar-refractivity contribution in [2.24, 2.45) is 0 Å². The van der Waals surface area contributed by atoms with E-state index in [-0.39, 0.29) is 23.8 Å². The van der Waals surface area contributed by atoms with Crippen molar-refractivity contribution in [1.82, 2.24) is 14.4 Å². The smallest absolute Gasteiger partial charge is 0.242 e. The lowest BCUT2D eigenvalue weighted by Crippen LogP contribution is -2.34. The molecule has 8 nitrogen and oxygen atoms in total. The van der Waals surface area contributed by atoms with Crippen LogP contribution in [0.5, 0.6) is 0 Å². The molecule has 0 aromatic carbocycles. The van der Waals surface area contributed by atoms with E-state index < -0.39 is 20.0 Å². The number of sulfonamides is 2. The first-order valence-corrected chi connectivity index (χ1v) is 8.24. The summed E-state index contributed by atoms with van der Waals surface area (Å²) in [7, 11) is -7.02. The topological polar surface area (TPSA) is 131 Å². The van der Waals surface area contributed by atoms with Crippen LogP contribution in [0.25, 0.3) is 0 Å². The molecule has 0 bridgehead atoms. The molecule has 0 aliphatic carbocycles. The van der Waals surface area contributed by atoms with Crippen LogP contribution in [0.4, 0.5) is 5.82 Å². The molecular formula is C8H14N4O4S2. The van der Waals surface area contributed by atoms with E-state index in [0.29, 0.717) is 0 Å². The summed E-state index contributed by atoms with van der Waals surface area (Å²) in [6, 6.07) is 2.68. The fourth-order valence-electron chi connectivity index (χ4n) is 1.06. The van der Waals surface area contributed by atoms with Crippen LogP contribution in [-0.2, 0) is 20.0 Å². The molecule has 10 heteroatoms. The zero-order valence-electron chi connectivity index (χ0n) is 9.62. The van der Waals surface area contributed by atoms with Crippen molar-refractivity contribution >= 4 is 25.9 Å². The van der Waals surface area contributed by atoms with Gasteiger partial charge in [-0.25, -0.2) is 31.3 Å². The van der Waals surface area contributed by atoms with E-state index in [1.807, 2.05) is 0 Å². The molecule has 0 amide bonds. The predicted octanol–water partition coefficient (Wildman–Crippen LogP) is -1.51. The van der Waals surface area contributed by atoms with E-state index >= 15 is 0 Å². The van der Waals surface area contributed by atoms with Gasteiger partial charge in [-0.3, -0.25) is 0 Å². The number of nitrogens with zero attached hydrogens (tertiary/aromatic N) is 1. The standard InChI is InChI=1S/C8H14N4O4S2/c1-17(13,14)11-4-5-12-18(15,16)7-2-3-8(9)10-6-7/h2-3,6,11-12H,4-5H2,1H3,(H2,9,10). The SMILES string of the molecule is CS(=O)(=O)NCCNS(=O)(=O)c1ccc(N)nc1. The first-order chi connectivity index (χ1) is 8.21. The molecule has 0 aliphatic heterocycles. The molecule has 0 aliphatic rings. The number of nitrogens with two attached hydrogens (primary N) is 1. The van der Waals surface area contributed by atoms with Gasteiger partial charge in [0.15, 0.2) is 0 Å². The second kappa shape index (κ2) is 5.61. The summed E-state index contributed by atoms with van der Waals surface area (Å²) in [5, 5.41) is 0. The Hall–Kier alpha value is -1.23. The summed E-state index contributed by atoms with van der Waals surface area (Å²) in [4.78, 5) is 3.63. The zero-order valence-corrected chi connectivity index (χ0v) is 11.3. The van der Waals surface area contributed by atoms with Crippen LogP contribution < -0.4 is 15.2 Å². The van der Waals surface area contributed by atoms with E-state index in [1.54, 1.807) is 0 Å². The number of aromatic nitrogens is 1. The summed E-state index contributed by atoms with van der Waals surface area (Å²) < 4.78 is 49.3. The fourth-order valence-corrected chi connectivity index (χ4v) is 2.50. The van der Waals surface area contributed by atoms with Gasteiger partial charge in [0.25, 0.3) is 0 Å². The van der Waals surface area contributed by atoms with Crippen LogP contribution in [0.3, 0.4) is 0 Å². The van der Waals surface area contributed by atoms with Crippen LogP contribution in [-0.4, -0.2) is 41.2 Å². The van der Waals surface area contributed by atoms with Crippen LogP contribution in [0.15, 0.2) is 23.2 Å². The molecule has 1 aromatic rings. The molecule has 18 heavy (non-hydrogen) atoms. The molecule has 0 saturated heterocycles. The van der Waals surface area contributed by atoms with Gasteiger partial charge in [-0.05, 0) is 12.1 Å². The maximum Gasteiger partial charge on any atom is 0.242 e. The molecule has 4 N–H and O–H groups in total. The Morgan fingerprint density at radius 2 is 1.78 bits per heavy atom. The van der Waals surface area contributed by atoms with Gasteiger partial charge in [0, 0.05) is 19.3 Å². The first-order valence-electron chi connectivity index (χ1n) is 4.86. The quantitative estimate of drug-likeness (QED) is 0.547. The van der Waals surface area contributed by atoms with E-state index in [0.717, 1.165) is 12.5 Å². The van der Waals surface area contributed by atoms with Gasteiger partial charge in [-0.2, -0.15) is 0 Å². The third-order valence-electron chi connectivity index (χ3n) is 1.85. The minimum atomic E-state index is -3.70. The van der Waals surface area contributed by atoms with Crippen molar-refractivity contribution in [2.75, 3.05) is 25.1 Å². The summed E-state index contributed by atoms with van der Waals surface area (Å²) in [6.07, 6.45) is 2.12. The highest BCUT2D eigenvalue weighted by Crippen LogP contribution is 2.07. The van der Waals surface area contributed by atoms with E-state index in [1.165, 1.54) is 12.1 Å². The number of hydrogen-bond donors (Lipinski definition) is 3. The average Bonchev–Trinajstić information content (AvgIpc) is 2.24. The Morgan fingerprint density at radius 3 is 2.28 bits per heavy atom. The van der Waals surface area contributed by atoms with Gasteiger partial charge < -0.3 is 5.73 Å². The molecule has 1 aromatic heterocycles. The van der Waals surface area contributed by atoms with Crippen molar-refractivity contribution < 1.29 is 16.8 Å². The average molecular weight is 294 g/mol. The molecule has 0 unspecified atom stereocenters. The largest absolute Gasteiger partial charge is 0.384 e. The number of anilines is 1. The molecule has 0 atom stereocenters. The third-order valence-corrected chi connectivity index (χ3v) is 4.03. The molecule has 1 heterocycles. The highest BCUT2D eigenvalue weighted by atomic mass is 32.2. The monoisotopic (exact) mass is 294 g/mol. The van der Waals surface area contributed by atoms with Gasteiger partial charge in [0.05, 0.1) is 6.26 Å². The Bertz CT molecular complexity index is 594. The maximum atomic E-state index is 11.7. The fraction of sp³-hybridized carbons (Fsp3) is 0.375. The highest BCUT2D eigenvalue weighted by Gasteiger charge is 2.13. The van der Waals surface area contributed by atoms with Gasteiger partial charge in [0.1, 0.15) is 10.7 Å². The number of pyridine rings is 1. The van der Waals surface area contributed by atoms with Crippen molar-refractivity contribution in [3.63, 3.8) is 0 Å². The number of hydrogen-bond acceptors (Lipinski definition) is 6. The highest BCUT2D eigenvalue weighted by molar-refractivity contribution is 7.89. The minimum absolute atomic E-state index is 0.0273. The zero-order chi connectivity index (χ0) is 13.8. The minimum Gasteiger partial charge on any atom is -0.384 e. The van der Waals surface area contributed by atoms with Crippen molar-refractivity contribution in [3.05, 3.63) is 18.3 Å². The maximum absolute atomic E-state index is 11.7. The number of rotatable bonds is 6. The summed E-state index contributed by atoms with van der Waals surface area (Å²) in [5.41, 5.74) is 5.34. The summed E-state index contributed by atoms with van der Waals surface area (Å²) >= 11 is 0. The van der Waals surface area contributed by atoms with Gasteiger partial charge in [0.2, 0.25) is 20.0 Å². The molecule has 0 radical (unpaired) electrons. The molecule has 0 fully saturated rings. The van der Waals surface area contributed by atoms with E-state index in [9.17, 15) is 16.8 Å². The molecule has 0 spiro atoms. The van der Waals surface area contributed by atoms with Crippen LogP contribution >= 0.6 is 0 Å². The lowest BCUT2D eigenvalue weighted by Gasteiger charge is -2.06. The Balaban J connectivity index is 2.58. The lowest BCUT2D eigenvalue weighted by molar-refractivity contribution is 0.573. The second-order valence-electron chi connectivity index (χ2n) is 3.48. The Kier molecular flexibility index (Phi) is 4.62. The third kappa shape index (κ3) is 4.96. The van der Waals surface area contributed by atoms with Crippen molar-refractivity contribution in [1.29, 1.82) is 0 Å². The number of nitrogens with one attached hydrogen (secondary N) is 2. The van der Waals surface area contributed by atoms with E-state index in [2.05, 4.69) is 14.4 Å². The molecule has 0 saturated carbocycles. The van der Waals surface area contributed by atoms with Gasteiger partial charge in [-0.1, -0.05) is 0 Å². The number of nitrogen functional groups attached to an aromatic ring is 1. The van der Waals surface area contributed by atoms with Crippen molar-refractivity contribution in [3.8, 4) is 0 Å². The molecular weight excluding hydrogens is 280 g/mol. The second-order valence-corrected chi connectivity index (χ2v) is 7.08. The predicted molar refractivity (Wildman–Crippen MR) is 66.7 cm³/mol. The summed E-state index contributed by atoms with van der Waals surface area (Å²) in [5.74, 6) is 0.215. The Labute approximate surface area is 106 Å².